The van der Waals surface area contributed by atoms with Crippen molar-refractivity contribution >= 4 is 21.5 Å². The summed E-state index contributed by atoms with van der Waals surface area (Å²) in [5, 5.41) is 4.90. The minimum Gasteiger partial charge on any atom is -0.455 e. The van der Waals surface area contributed by atoms with Gasteiger partial charge in [-0.3, -0.25) is 0 Å². The summed E-state index contributed by atoms with van der Waals surface area (Å²) in [7, 11) is 0. The van der Waals surface area contributed by atoms with Crippen LogP contribution in [0.4, 0.5) is 0 Å². The van der Waals surface area contributed by atoms with Crippen LogP contribution in [0.2, 0.25) is 0 Å². The summed E-state index contributed by atoms with van der Waals surface area (Å²) < 4.78 is 6.80. The topological polar surface area (TPSA) is 9.23 Å². The van der Waals surface area contributed by atoms with Gasteiger partial charge in [-0.15, -0.1) is 0 Å². The molecule has 0 aromatic heterocycles. The molecule has 10 rings (SSSR count). The molecule has 0 radical (unpaired) electrons. The zero-order valence-corrected chi connectivity index (χ0v) is 25.1. The lowest BCUT2D eigenvalue weighted by atomic mass is 9.66. The zero-order valence-electron chi connectivity index (χ0n) is 25.1. The van der Waals surface area contributed by atoms with Crippen LogP contribution in [0.15, 0.2) is 170 Å². The van der Waals surface area contributed by atoms with E-state index in [9.17, 15) is 0 Å². The first-order chi connectivity index (χ1) is 22.8. The van der Waals surface area contributed by atoms with Crippen molar-refractivity contribution in [3.63, 3.8) is 0 Å². The monoisotopic (exact) mass is 584 g/mol. The van der Waals surface area contributed by atoms with Gasteiger partial charge in [-0.1, -0.05) is 152 Å². The molecule has 1 heteroatoms. The molecule has 2 aliphatic rings. The van der Waals surface area contributed by atoms with Crippen LogP contribution in [-0.4, -0.2) is 0 Å². The molecule has 0 amide bonds. The molecule has 0 N–H and O–H groups in total. The fraction of sp³-hybridized carbons (Fsp3) is 0.0222. The summed E-state index contributed by atoms with van der Waals surface area (Å²) in [4.78, 5) is 0. The van der Waals surface area contributed by atoms with Crippen molar-refractivity contribution in [3.8, 4) is 44.9 Å². The van der Waals surface area contributed by atoms with Crippen molar-refractivity contribution < 1.29 is 4.74 Å². The maximum absolute atomic E-state index is 6.80. The molecule has 1 heterocycles. The minimum atomic E-state index is -0.503. The van der Waals surface area contributed by atoms with Gasteiger partial charge in [0.2, 0.25) is 0 Å². The molecule has 1 aliphatic carbocycles. The van der Waals surface area contributed by atoms with E-state index in [1.807, 2.05) is 0 Å². The normalized spacial score (nSPS) is 13.6. The van der Waals surface area contributed by atoms with Gasteiger partial charge in [0.25, 0.3) is 0 Å². The highest BCUT2D eigenvalue weighted by molar-refractivity contribution is 6.08. The SMILES string of the molecule is c1ccc(C2(c3ccccc3)c3cc(-c4ccc5cccc6c5c4Oc4ccccc4-6)ccc3-c3ccc4ccccc4c32)cc1. The van der Waals surface area contributed by atoms with E-state index in [-0.39, 0.29) is 0 Å². The van der Waals surface area contributed by atoms with Crippen LogP contribution in [0.5, 0.6) is 11.5 Å². The summed E-state index contributed by atoms with van der Waals surface area (Å²) in [6.07, 6.45) is 0. The third-order valence-corrected chi connectivity index (χ3v) is 10.1. The lowest BCUT2D eigenvalue weighted by Gasteiger charge is -2.35. The van der Waals surface area contributed by atoms with E-state index < -0.39 is 5.41 Å². The van der Waals surface area contributed by atoms with Crippen molar-refractivity contribution in [1.29, 1.82) is 0 Å². The van der Waals surface area contributed by atoms with Crippen LogP contribution < -0.4 is 4.74 Å². The summed E-state index contributed by atoms with van der Waals surface area (Å²) in [5.74, 6) is 1.83. The Morgan fingerprint density at radius 1 is 0.413 bits per heavy atom. The van der Waals surface area contributed by atoms with Crippen LogP contribution in [-0.2, 0) is 5.41 Å². The standard InChI is InChI=1S/C45H28O/c1-3-14-32(15-4-1)45(33-16-5-2-6-17-33)40-28-31(24-26-36(40)39-27-22-29-12-7-8-18-34(29)43(39)45)35-25-23-30-13-11-20-38-37-19-9-10-21-41(37)46-44(35)42(30)38/h1-28H. The average Bonchev–Trinajstić information content (AvgIpc) is 3.43. The third kappa shape index (κ3) is 3.35. The molecule has 0 atom stereocenters. The molecule has 46 heavy (non-hydrogen) atoms. The molecular weight excluding hydrogens is 556 g/mol. The molecule has 214 valence electrons. The van der Waals surface area contributed by atoms with Crippen LogP contribution in [0.25, 0.3) is 54.9 Å². The van der Waals surface area contributed by atoms with E-state index in [2.05, 4.69) is 170 Å². The largest absolute Gasteiger partial charge is 0.455 e. The maximum Gasteiger partial charge on any atom is 0.143 e. The van der Waals surface area contributed by atoms with Crippen LogP contribution in [0.1, 0.15) is 22.3 Å². The molecule has 0 bridgehead atoms. The number of para-hydroxylation sites is 1. The van der Waals surface area contributed by atoms with E-state index in [0.29, 0.717) is 0 Å². The first kappa shape index (κ1) is 25.4. The number of hydrogen-bond donors (Lipinski definition) is 0. The van der Waals surface area contributed by atoms with Gasteiger partial charge in [0.15, 0.2) is 0 Å². The summed E-state index contributed by atoms with van der Waals surface area (Å²) in [6.45, 7) is 0. The van der Waals surface area contributed by atoms with E-state index in [0.717, 1.165) is 28.2 Å². The van der Waals surface area contributed by atoms with E-state index in [1.165, 1.54) is 60.5 Å². The highest BCUT2D eigenvalue weighted by Crippen LogP contribution is 2.59. The fourth-order valence-electron chi connectivity index (χ4n) is 8.23. The van der Waals surface area contributed by atoms with Crippen molar-refractivity contribution in [2.45, 2.75) is 5.41 Å². The van der Waals surface area contributed by atoms with Gasteiger partial charge in [-0.2, -0.15) is 0 Å². The van der Waals surface area contributed by atoms with Crippen molar-refractivity contribution in [2.24, 2.45) is 0 Å². The number of rotatable bonds is 3. The molecule has 1 aliphatic heterocycles. The van der Waals surface area contributed by atoms with Crippen molar-refractivity contribution in [1.82, 2.24) is 0 Å². The Bertz CT molecular complexity index is 2450. The smallest absolute Gasteiger partial charge is 0.143 e. The highest BCUT2D eigenvalue weighted by atomic mass is 16.5. The Kier molecular flexibility index (Phi) is 5.27. The van der Waals surface area contributed by atoms with E-state index in [1.54, 1.807) is 0 Å². The maximum atomic E-state index is 6.80. The predicted molar refractivity (Wildman–Crippen MR) is 190 cm³/mol. The third-order valence-electron chi connectivity index (χ3n) is 10.1. The Labute approximate surface area is 268 Å². The zero-order chi connectivity index (χ0) is 30.2. The number of benzene rings is 8. The molecule has 1 nitrogen and oxygen atoms in total. The Morgan fingerprint density at radius 2 is 1.04 bits per heavy atom. The molecule has 0 unspecified atom stereocenters. The Hall–Kier alpha value is -5.92. The molecule has 0 saturated carbocycles. The number of ether oxygens (including phenoxy) is 1. The molecule has 0 fully saturated rings. The van der Waals surface area contributed by atoms with Gasteiger partial charge in [-0.05, 0) is 78.9 Å². The summed E-state index contributed by atoms with van der Waals surface area (Å²) in [5.41, 5.74) is 11.9. The number of fused-ring (bicyclic) bond motifs is 7. The van der Waals surface area contributed by atoms with Crippen molar-refractivity contribution in [2.75, 3.05) is 0 Å². The summed E-state index contributed by atoms with van der Waals surface area (Å²) >= 11 is 0. The number of hydrogen-bond acceptors (Lipinski definition) is 1. The van der Waals surface area contributed by atoms with E-state index >= 15 is 0 Å². The Morgan fingerprint density at radius 3 is 1.87 bits per heavy atom. The first-order valence-corrected chi connectivity index (χ1v) is 15.9. The quantitative estimate of drug-likeness (QED) is 0.201. The molecule has 8 aromatic carbocycles. The van der Waals surface area contributed by atoms with Crippen LogP contribution >= 0.6 is 0 Å². The average molecular weight is 585 g/mol. The van der Waals surface area contributed by atoms with Crippen LogP contribution in [0, 0.1) is 0 Å². The Balaban J connectivity index is 1.31. The minimum absolute atomic E-state index is 0.503. The second-order valence-electron chi connectivity index (χ2n) is 12.4. The van der Waals surface area contributed by atoms with Gasteiger partial charge in [0.05, 0.1) is 5.41 Å². The first-order valence-electron chi connectivity index (χ1n) is 15.9. The predicted octanol–water partition coefficient (Wildman–Crippen LogP) is 11.8. The lowest BCUT2D eigenvalue weighted by Crippen LogP contribution is -2.28. The summed E-state index contributed by atoms with van der Waals surface area (Å²) in [6, 6.07) is 62.0. The van der Waals surface area contributed by atoms with Gasteiger partial charge >= 0.3 is 0 Å². The molecule has 8 aromatic rings. The van der Waals surface area contributed by atoms with Crippen molar-refractivity contribution in [3.05, 3.63) is 192 Å². The van der Waals surface area contributed by atoms with Gasteiger partial charge in [0, 0.05) is 16.5 Å². The van der Waals surface area contributed by atoms with E-state index in [4.69, 9.17) is 4.74 Å². The lowest BCUT2D eigenvalue weighted by molar-refractivity contribution is 0.489. The molecule has 0 saturated heterocycles. The van der Waals surface area contributed by atoms with Gasteiger partial charge in [-0.25, -0.2) is 0 Å². The van der Waals surface area contributed by atoms with Gasteiger partial charge < -0.3 is 4.74 Å². The molecular formula is C45H28O. The van der Waals surface area contributed by atoms with Crippen LogP contribution in [0.3, 0.4) is 0 Å². The highest BCUT2D eigenvalue weighted by Gasteiger charge is 2.47. The second kappa shape index (κ2) is 9.54. The molecule has 0 spiro atoms. The van der Waals surface area contributed by atoms with Gasteiger partial charge in [0.1, 0.15) is 11.5 Å². The fourth-order valence-corrected chi connectivity index (χ4v) is 8.23. The second-order valence-corrected chi connectivity index (χ2v) is 12.4.